The molecule has 1 atom stereocenters. The second-order valence-corrected chi connectivity index (χ2v) is 7.75. The van der Waals surface area contributed by atoms with Gasteiger partial charge in [0.2, 0.25) is 11.9 Å². The molecular weight excluding hydrogens is 352 g/mol. The molecule has 4 rings (SSSR count). The van der Waals surface area contributed by atoms with Crippen molar-refractivity contribution >= 4 is 22.9 Å². The lowest BCUT2D eigenvalue weighted by atomic mass is 9.95. The number of carbonyl (C=O) groups excluding carboxylic acids is 1. The fourth-order valence-corrected chi connectivity index (χ4v) is 4.00. The van der Waals surface area contributed by atoms with Gasteiger partial charge in [0.1, 0.15) is 5.76 Å². The van der Waals surface area contributed by atoms with Crippen molar-refractivity contribution in [2.24, 2.45) is 13.0 Å². The molecule has 1 saturated heterocycles. The Morgan fingerprint density at radius 3 is 2.75 bits per heavy atom. The molecule has 1 N–H and O–H groups in total. The number of aromatic nitrogens is 2. The molecule has 0 spiro atoms. The number of carbonyl (C=O) groups is 1. The lowest BCUT2D eigenvalue weighted by Crippen LogP contribution is -2.43. The van der Waals surface area contributed by atoms with Crippen LogP contribution in [0.1, 0.15) is 31.9 Å². The van der Waals surface area contributed by atoms with Crippen LogP contribution in [0.4, 0.5) is 5.95 Å². The van der Waals surface area contributed by atoms with Gasteiger partial charge in [0.05, 0.1) is 17.3 Å². The molecule has 3 aromatic rings. The van der Waals surface area contributed by atoms with Crippen LogP contribution in [-0.4, -0.2) is 34.6 Å². The number of benzene rings is 1. The van der Waals surface area contributed by atoms with Gasteiger partial charge in [-0.2, -0.15) is 0 Å². The van der Waals surface area contributed by atoms with Gasteiger partial charge in [-0.05, 0) is 50.5 Å². The van der Waals surface area contributed by atoms with Crippen molar-refractivity contribution < 1.29 is 9.21 Å². The van der Waals surface area contributed by atoms with Gasteiger partial charge in [0.25, 0.3) is 0 Å². The highest BCUT2D eigenvalue weighted by Gasteiger charge is 2.27. The molecular formula is C22H28N4O2. The minimum Gasteiger partial charge on any atom is -0.469 e. The van der Waals surface area contributed by atoms with E-state index in [4.69, 9.17) is 9.40 Å². The molecule has 1 fully saturated rings. The average Bonchev–Trinajstić information content (AvgIpc) is 3.35. The number of piperidine rings is 1. The van der Waals surface area contributed by atoms with Gasteiger partial charge in [-0.1, -0.05) is 12.1 Å². The summed E-state index contributed by atoms with van der Waals surface area (Å²) in [5.41, 5.74) is 2.16. The molecule has 6 heteroatoms. The first kappa shape index (κ1) is 18.6. The number of rotatable bonds is 6. The summed E-state index contributed by atoms with van der Waals surface area (Å²) in [5.74, 6) is 2.22. The summed E-state index contributed by atoms with van der Waals surface area (Å²) in [7, 11) is 2.06. The molecule has 1 aromatic carbocycles. The zero-order valence-electron chi connectivity index (χ0n) is 16.6. The standard InChI is InChI=1S/C22H28N4O2/c1-16(9-10-18-6-5-15-28-18)23-21(27)17-11-13-26(14-12-17)22-24-19-7-3-4-8-20(19)25(22)2/h3-8,15-17H,9-14H2,1-2H3,(H,23,27)/t16-/m1/s1. The Balaban J connectivity index is 1.29. The number of hydrogen-bond acceptors (Lipinski definition) is 4. The van der Waals surface area contributed by atoms with Gasteiger partial charge in [-0.25, -0.2) is 4.98 Å². The largest absolute Gasteiger partial charge is 0.469 e. The van der Waals surface area contributed by atoms with Crippen molar-refractivity contribution in [3.05, 3.63) is 48.4 Å². The van der Waals surface area contributed by atoms with Crippen LogP contribution in [0.3, 0.4) is 0 Å². The number of anilines is 1. The van der Waals surface area contributed by atoms with Crippen LogP contribution in [-0.2, 0) is 18.3 Å². The maximum absolute atomic E-state index is 12.6. The molecule has 0 saturated carbocycles. The molecule has 6 nitrogen and oxygen atoms in total. The van der Waals surface area contributed by atoms with E-state index in [1.54, 1.807) is 6.26 Å². The van der Waals surface area contributed by atoms with Gasteiger partial charge in [0, 0.05) is 38.5 Å². The maximum Gasteiger partial charge on any atom is 0.223 e. The van der Waals surface area contributed by atoms with E-state index in [1.165, 1.54) is 0 Å². The Labute approximate surface area is 165 Å². The first-order chi connectivity index (χ1) is 13.6. The van der Waals surface area contributed by atoms with E-state index in [0.717, 1.165) is 61.5 Å². The van der Waals surface area contributed by atoms with Crippen molar-refractivity contribution in [2.45, 2.75) is 38.6 Å². The van der Waals surface area contributed by atoms with E-state index >= 15 is 0 Å². The summed E-state index contributed by atoms with van der Waals surface area (Å²) in [6.07, 6.45) is 5.15. The Bertz CT molecular complexity index is 923. The van der Waals surface area contributed by atoms with Crippen LogP contribution in [0, 0.1) is 5.92 Å². The average molecular weight is 380 g/mol. The molecule has 28 heavy (non-hydrogen) atoms. The van der Waals surface area contributed by atoms with Crippen LogP contribution in [0.15, 0.2) is 47.1 Å². The second kappa shape index (κ2) is 8.09. The number of aryl methyl sites for hydroxylation is 2. The number of amides is 1. The first-order valence-electron chi connectivity index (χ1n) is 10.1. The Morgan fingerprint density at radius 2 is 2.04 bits per heavy atom. The summed E-state index contributed by atoms with van der Waals surface area (Å²) in [6.45, 7) is 3.78. The minimum atomic E-state index is 0.0806. The number of imidazole rings is 1. The monoisotopic (exact) mass is 380 g/mol. The van der Waals surface area contributed by atoms with Crippen LogP contribution < -0.4 is 10.2 Å². The Morgan fingerprint density at radius 1 is 1.25 bits per heavy atom. The molecule has 0 radical (unpaired) electrons. The van der Waals surface area contributed by atoms with Gasteiger partial charge < -0.3 is 19.2 Å². The molecule has 0 unspecified atom stereocenters. The zero-order chi connectivity index (χ0) is 19.5. The fraction of sp³-hybridized carbons (Fsp3) is 0.455. The molecule has 1 aliphatic heterocycles. The fourth-order valence-electron chi connectivity index (χ4n) is 4.00. The highest BCUT2D eigenvalue weighted by molar-refractivity contribution is 5.80. The Kier molecular flexibility index (Phi) is 5.37. The molecule has 148 valence electrons. The zero-order valence-corrected chi connectivity index (χ0v) is 16.6. The van der Waals surface area contributed by atoms with Crippen LogP contribution in [0.25, 0.3) is 11.0 Å². The van der Waals surface area contributed by atoms with Crippen molar-refractivity contribution in [3.8, 4) is 0 Å². The number of fused-ring (bicyclic) bond motifs is 1. The van der Waals surface area contributed by atoms with Crippen molar-refractivity contribution in [3.63, 3.8) is 0 Å². The van der Waals surface area contributed by atoms with E-state index in [-0.39, 0.29) is 17.9 Å². The van der Waals surface area contributed by atoms with Crippen molar-refractivity contribution in [1.29, 1.82) is 0 Å². The summed E-state index contributed by atoms with van der Waals surface area (Å²) >= 11 is 0. The topological polar surface area (TPSA) is 63.3 Å². The third-order valence-electron chi connectivity index (χ3n) is 5.70. The minimum absolute atomic E-state index is 0.0806. The summed E-state index contributed by atoms with van der Waals surface area (Å²) in [4.78, 5) is 19.7. The van der Waals surface area contributed by atoms with Gasteiger partial charge >= 0.3 is 0 Å². The summed E-state index contributed by atoms with van der Waals surface area (Å²) in [6, 6.07) is 12.2. The summed E-state index contributed by atoms with van der Waals surface area (Å²) < 4.78 is 7.51. The van der Waals surface area contributed by atoms with E-state index in [0.29, 0.717) is 0 Å². The van der Waals surface area contributed by atoms with E-state index in [2.05, 4.69) is 34.8 Å². The Hall–Kier alpha value is -2.76. The lowest BCUT2D eigenvalue weighted by Gasteiger charge is -2.32. The SMILES string of the molecule is C[C@H](CCc1ccco1)NC(=O)C1CCN(c2nc3ccccc3n2C)CC1. The lowest BCUT2D eigenvalue weighted by molar-refractivity contribution is -0.126. The highest BCUT2D eigenvalue weighted by Crippen LogP contribution is 2.26. The smallest absolute Gasteiger partial charge is 0.223 e. The van der Waals surface area contributed by atoms with Crippen molar-refractivity contribution in [2.75, 3.05) is 18.0 Å². The molecule has 3 heterocycles. The van der Waals surface area contributed by atoms with Gasteiger partial charge in [-0.15, -0.1) is 0 Å². The molecule has 0 bridgehead atoms. The predicted molar refractivity (Wildman–Crippen MR) is 110 cm³/mol. The first-order valence-corrected chi connectivity index (χ1v) is 10.1. The quantitative estimate of drug-likeness (QED) is 0.711. The number of hydrogen-bond donors (Lipinski definition) is 1. The third-order valence-corrected chi connectivity index (χ3v) is 5.70. The molecule has 1 aliphatic rings. The number of nitrogens with zero attached hydrogens (tertiary/aromatic N) is 3. The second-order valence-electron chi connectivity index (χ2n) is 7.75. The van der Waals surface area contributed by atoms with Crippen molar-refractivity contribution in [1.82, 2.24) is 14.9 Å². The predicted octanol–water partition coefficient (Wildman–Crippen LogP) is 3.52. The maximum atomic E-state index is 12.6. The molecule has 1 amide bonds. The van der Waals surface area contributed by atoms with Gasteiger partial charge in [0.15, 0.2) is 0 Å². The van der Waals surface area contributed by atoms with Crippen LogP contribution in [0.2, 0.25) is 0 Å². The van der Waals surface area contributed by atoms with Crippen LogP contribution in [0.5, 0.6) is 0 Å². The normalized spacial score (nSPS) is 16.4. The van der Waals surface area contributed by atoms with Crippen LogP contribution >= 0.6 is 0 Å². The molecule has 0 aliphatic carbocycles. The number of furan rings is 1. The van der Waals surface area contributed by atoms with Gasteiger partial charge in [-0.3, -0.25) is 4.79 Å². The number of nitrogens with one attached hydrogen (secondary N) is 1. The highest BCUT2D eigenvalue weighted by atomic mass is 16.3. The number of para-hydroxylation sites is 2. The third kappa shape index (κ3) is 3.91. The molecule has 2 aromatic heterocycles. The van der Waals surface area contributed by atoms with E-state index in [9.17, 15) is 4.79 Å². The van der Waals surface area contributed by atoms with E-state index in [1.807, 2.05) is 30.3 Å². The summed E-state index contributed by atoms with van der Waals surface area (Å²) in [5, 5.41) is 3.18. The van der Waals surface area contributed by atoms with E-state index < -0.39 is 0 Å².